The van der Waals surface area contributed by atoms with Crippen molar-refractivity contribution in [3.63, 3.8) is 0 Å². The molecule has 2 bridgehead atoms. The van der Waals surface area contributed by atoms with Gasteiger partial charge in [0.15, 0.2) is 0 Å². The summed E-state index contributed by atoms with van der Waals surface area (Å²) >= 11 is 0. The van der Waals surface area contributed by atoms with Crippen molar-refractivity contribution in [1.29, 1.82) is 0 Å². The van der Waals surface area contributed by atoms with Crippen molar-refractivity contribution in [1.82, 2.24) is 9.80 Å². The summed E-state index contributed by atoms with van der Waals surface area (Å²) in [6.45, 7) is 4.22. The maximum atomic E-state index is 12.7. The number of piperazine rings is 1. The quantitative estimate of drug-likeness (QED) is 0.761. The fourth-order valence-corrected chi connectivity index (χ4v) is 4.66. The van der Waals surface area contributed by atoms with Gasteiger partial charge in [0, 0.05) is 38.1 Å². The molecule has 19 heavy (non-hydrogen) atoms. The highest BCUT2D eigenvalue weighted by molar-refractivity contribution is 5.79. The standard InChI is InChI=1S/C16H26N2O/c19-16(15-11-12-1-3-13(15)4-2-12)18-9-7-17(8-10-18)14-5-6-14/h12-15H,1-11H2. The van der Waals surface area contributed by atoms with E-state index in [2.05, 4.69) is 9.80 Å². The molecule has 5 aliphatic rings. The molecule has 3 heteroatoms. The topological polar surface area (TPSA) is 23.6 Å². The molecule has 1 aliphatic heterocycles. The van der Waals surface area contributed by atoms with E-state index in [4.69, 9.17) is 0 Å². The zero-order valence-corrected chi connectivity index (χ0v) is 11.9. The van der Waals surface area contributed by atoms with Crippen LogP contribution in [0, 0.1) is 17.8 Å². The normalized spacial score (nSPS) is 39.6. The lowest BCUT2D eigenvalue weighted by Crippen LogP contribution is -2.52. The van der Waals surface area contributed by atoms with Gasteiger partial charge < -0.3 is 4.90 Å². The lowest BCUT2D eigenvalue weighted by atomic mass is 9.64. The van der Waals surface area contributed by atoms with Crippen LogP contribution in [0.2, 0.25) is 0 Å². The molecule has 1 saturated heterocycles. The number of fused-ring (bicyclic) bond motifs is 3. The van der Waals surface area contributed by atoms with Crippen molar-refractivity contribution < 1.29 is 4.79 Å². The predicted molar refractivity (Wildman–Crippen MR) is 74.7 cm³/mol. The average molecular weight is 262 g/mol. The lowest BCUT2D eigenvalue weighted by molar-refractivity contribution is -0.143. The van der Waals surface area contributed by atoms with Crippen LogP contribution in [0.15, 0.2) is 0 Å². The van der Waals surface area contributed by atoms with Crippen LogP contribution < -0.4 is 0 Å². The molecule has 4 aliphatic carbocycles. The lowest BCUT2D eigenvalue weighted by Gasteiger charge is -2.44. The minimum atomic E-state index is 0.389. The third-order valence-electron chi connectivity index (χ3n) is 6.05. The number of carbonyl (C=O) groups excluding carboxylic acids is 1. The first kappa shape index (κ1) is 12.2. The predicted octanol–water partition coefficient (Wildman–Crippen LogP) is 2.12. The van der Waals surface area contributed by atoms with Crippen LogP contribution in [0.4, 0.5) is 0 Å². The van der Waals surface area contributed by atoms with Gasteiger partial charge in [-0.1, -0.05) is 12.8 Å². The van der Waals surface area contributed by atoms with Crippen LogP contribution >= 0.6 is 0 Å². The minimum absolute atomic E-state index is 0.389. The Morgan fingerprint density at radius 3 is 2.05 bits per heavy atom. The first-order valence-corrected chi connectivity index (χ1v) is 8.34. The third-order valence-corrected chi connectivity index (χ3v) is 6.05. The molecule has 0 radical (unpaired) electrons. The number of hydrogen-bond donors (Lipinski definition) is 0. The monoisotopic (exact) mass is 262 g/mol. The van der Waals surface area contributed by atoms with Crippen molar-refractivity contribution in [3.8, 4) is 0 Å². The van der Waals surface area contributed by atoms with E-state index >= 15 is 0 Å². The van der Waals surface area contributed by atoms with E-state index in [9.17, 15) is 4.79 Å². The summed E-state index contributed by atoms with van der Waals surface area (Å²) in [5.41, 5.74) is 0. The highest BCUT2D eigenvalue weighted by Gasteiger charge is 2.42. The largest absolute Gasteiger partial charge is 0.340 e. The summed E-state index contributed by atoms with van der Waals surface area (Å²) in [4.78, 5) is 17.5. The maximum absolute atomic E-state index is 12.7. The third kappa shape index (κ3) is 2.31. The number of nitrogens with zero attached hydrogens (tertiary/aromatic N) is 2. The van der Waals surface area contributed by atoms with Crippen LogP contribution in [0.25, 0.3) is 0 Å². The Bertz CT molecular complexity index is 350. The molecule has 3 nitrogen and oxygen atoms in total. The van der Waals surface area contributed by atoms with Crippen LogP contribution in [0.1, 0.15) is 44.9 Å². The number of amides is 1. The first-order chi connectivity index (χ1) is 9.31. The second-order valence-corrected chi connectivity index (χ2v) is 7.22. The van der Waals surface area contributed by atoms with Crippen molar-refractivity contribution in [3.05, 3.63) is 0 Å². The molecule has 0 aromatic rings. The Labute approximate surface area is 116 Å². The Hall–Kier alpha value is -0.570. The molecule has 4 saturated carbocycles. The van der Waals surface area contributed by atoms with E-state index in [-0.39, 0.29) is 0 Å². The smallest absolute Gasteiger partial charge is 0.226 e. The van der Waals surface area contributed by atoms with Gasteiger partial charge in [0.1, 0.15) is 0 Å². The Balaban J connectivity index is 1.35. The number of hydrogen-bond acceptors (Lipinski definition) is 2. The molecule has 0 spiro atoms. The second kappa shape index (κ2) is 4.76. The zero-order chi connectivity index (χ0) is 12.8. The first-order valence-electron chi connectivity index (χ1n) is 8.34. The summed E-state index contributed by atoms with van der Waals surface area (Å²) in [5, 5.41) is 0. The van der Waals surface area contributed by atoms with E-state index in [1.807, 2.05) is 0 Å². The van der Waals surface area contributed by atoms with Crippen LogP contribution in [-0.2, 0) is 4.79 Å². The minimum Gasteiger partial charge on any atom is -0.340 e. The number of rotatable bonds is 2. The Kier molecular flexibility index (Phi) is 3.06. The van der Waals surface area contributed by atoms with Crippen molar-refractivity contribution >= 4 is 5.91 Å². The average Bonchev–Trinajstić information content (AvgIpc) is 3.32. The summed E-state index contributed by atoms with van der Waals surface area (Å²) in [6.07, 6.45) is 9.41. The van der Waals surface area contributed by atoms with E-state index < -0.39 is 0 Å². The van der Waals surface area contributed by atoms with Crippen molar-refractivity contribution in [2.45, 2.75) is 51.0 Å². The van der Waals surface area contributed by atoms with Gasteiger partial charge in [-0.15, -0.1) is 0 Å². The van der Waals surface area contributed by atoms with Crippen LogP contribution in [0.3, 0.4) is 0 Å². The molecule has 0 aromatic heterocycles. The number of carbonyl (C=O) groups is 1. The fraction of sp³-hybridized carbons (Fsp3) is 0.938. The molecule has 0 N–H and O–H groups in total. The molecule has 1 atom stereocenters. The van der Waals surface area contributed by atoms with Gasteiger partial charge in [-0.2, -0.15) is 0 Å². The fourth-order valence-electron chi connectivity index (χ4n) is 4.66. The molecular formula is C16H26N2O. The van der Waals surface area contributed by atoms with Crippen LogP contribution in [-0.4, -0.2) is 47.9 Å². The summed E-state index contributed by atoms with van der Waals surface area (Å²) in [6, 6.07) is 0.864. The van der Waals surface area contributed by atoms with E-state index in [0.717, 1.165) is 44.1 Å². The van der Waals surface area contributed by atoms with Gasteiger partial charge in [-0.05, 0) is 43.9 Å². The van der Waals surface area contributed by atoms with Crippen LogP contribution in [0.5, 0.6) is 0 Å². The summed E-state index contributed by atoms with van der Waals surface area (Å²) in [5.74, 6) is 2.48. The summed E-state index contributed by atoms with van der Waals surface area (Å²) < 4.78 is 0. The van der Waals surface area contributed by atoms with Gasteiger partial charge in [0.25, 0.3) is 0 Å². The van der Waals surface area contributed by atoms with Gasteiger partial charge in [-0.25, -0.2) is 0 Å². The second-order valence-electron chi connectivity index (χ2n) is 7.22. The Morgan fingerprint density at radius 1 is 0.842 bits per heavy atom. The zero-order valence-electron chi connectivity index (χ0n) is 11.9. The molecule has 0 aromatic carbocycles. The van der Waals surface area contributed by atoms with E-state index in [1.165, 1.54) is 44.9 Å². The van der Waals surface area contributed by atoms with Crippen molar-refractivity contribution in [2.75, 3.05) is 26.2 Å². The summed E-state index contributed by atoms with van der Waals surface area (Å²) in [7, 11) is 0. The van der Waals surface area contributed by atoms with Gasteiger partial charge in [-0.3, -0.25) is 9.69 Å². The molecule has 1 heterocycles. The Morgan fingerprint density at radius 2 is 1.53 bits per heavy atom. The van der Waals surface area contributed by atoms with Gasteiger partial charge in [0.05, 0.1) is 0 Å². The molecule has 1 amide bonds. The molecule has 5 fully saturated rings. The highest BCUT2D eigenvalue weighted by atomic mass is 16.2. The maximum Gasteiger partial charge on any atom is 0.226 e. The van der Waals surface area contributed by atoms with Gasteiger partial charge in [0.2, 0.25) is 5.91 Å². The van der Waals surface area contributed by atoms with Gasteiger partial charge >= 0.3 is 0 Å². The molecule has 5 rings (SSSR count). The molecular weight excluding hydrogens is 236 g/mol. The molecule has 106 valence electrons. The highest BCUT2D eigenvalue weighted by Crippen LogP contribution is 2.45. The van der Waals surface area contributed by atoms with E-state index in [1.54, 1.807) is 0 Å². The molecule has 1 unspecified atom stereocenters. The SMILES string of the molecule is O=C(C1CC2CCC1CC2)N1CCN(C2CC2)CC1. The van der Waals surface area contributed by atoms with Crippen molar-refractivity contribution in [2.24, 2.45) is 17.8 Å². The van der Waals surface area contributed by atoms with E-state index in [0.29, 0.717) is 11.8 Å².